The van der Waals surface area contributed by atoms with Gasteiger partial charge in [-0.3, -0.25) is 4.79 Å². The average Bonchev–Trinajstić information content (AvgIpc) is 3.10. The summed E-state index contributed by atoms with van der Waals surface area (Å²) in [6.07, 6.45) is 1.79. The second-order valence-electron chi connectivity index (χ2n) is 6.83. The van der Waals surface area contributed by atoms with Crippen LogP contribution in [0.3, 0.4) is 0 Å². The van der Waals surface area contributed by atoms with Crippen molar-refractivity contribution in [2.75, 3.05) is 0 Å². The highest BCUT2D eigenvalue weighted by Crippen LogP contribution is 2.25. The zero-order valence-corrected chi connectivity index (χ0v) is 19.1. The average molecular weight is 461 g/mol. The number of carbonyl (C=O) groups excluding carboxylic acids is 1. The maximum Gasteiger partial charge on any atom is 0.253 e. The SMILES string of the molecule is C=CCn1c(SCc2ccc(C)cc2)nnc1[C@H](C)NC(=O)c1ccc(Cl)cc1Cl. The number of hydrogen-bond acceptors (Lipinski definition) is 4. The van der Waals surface area contributed by atoms with Gasteiger partial charge in [-0.15, -0.1) is 16.8 Å². The van der Waals surface area contributed by atoms with Crippen LogP contribution in [0.5, 0.6) is 0 Å². The molecule has 0 saturated carbocycles. The van der Waals surface area contributed by atoms with Crippen LogP contribution in [0.25, 0.3) is 0 Å². The number of allylic oxidation sites excluding steroid dienone is 1. The molecule has 5 nitrogen and oxygen atoms in total. The monoisotopic (exact) mass is 460 g/mol. The van der Waals surface area contributed by atoms with E-state index in [1.807, 2.05) is 11.5 Å². The van der Waals surface area contributed by atoms with Gasteiger partial charge in [-0.2, -0.15) is 0 Å². The molecule has 3 aromatic rings. The minimum atomic E-state index is -0.370. The minimum Gasteiger partial charge on any atom is -0.342 e. The fourth-order valence-corrected chi connectivity index (χ4v) is 4.28. The number of nitrogens with zero attached hydrogens (tertiary/aromatic N) is 3. The molecular formula is C22H22Cl2N4OS. The number of benzene rings is 2. The molecule has 1 amide bonds. The summed E-state index contributed by atoms with van der Waals surface area (Å²) in [5, 5.41) is 13.1. The largest absolute Gasteiger partial charge is 0.342 e. The van der Waals surface area contributed by atoms with Crippen molar-refractivity contribution in [1.29, 1.82) is 0 Å². The van der Waals surface area contributed by atoms with Gasteiger partial charge < -0.3 is 9.88 Å². The Morgan fingerprint density at radius 3 is 2.63 bits per heavy atom. The van der Waals surface area contributed by atoms with Crippen LogP contribution in [0.1, 0.15) is 40.3 Å². The van der Waals surface area contributed by atoms with Crippen LogP contribution in [0.2, 0.25) is 10.0 Å². The number of halogens is 2. The van der Waals surface area contributed by atoms with E-state index in [4.69, 9.17) is 23.2 Å². The van der Waals surface area contributed by atoms with Crippen LogP contribution in [-0.2, 0) is 12.3 Å². The van der Waals surface area contributed by atoms with Gasteiger partial charge in [0.15, 0.2) is 11.0 Å². The predicted octanol–water partition coefficient (Wildman–Crippen LogP) is 5.86. The summed E-state index contributed by atoms with van der Waals surface area (Å²) < 4.78 is 1.96. The number of hydrogen-bond donors (Lipinski definition) is 1. The number of aryl methyl sites for hydroxylation is 1. The highest BCUT2D eigenvalue weighted by atomic mass is 35.5. The molecule has 0 radical (unpaired) electrons. The summed E-state index contributed by atoms with van der Waals surface area (Å²) >= 11 is 13.7. The lowest BCUT2D eigenvalue weighted by Crippen LogP contribution is -2.29. The van der Waals surface area contributed by atoms with E-state index in [0.29, 0.717) is 28.0 Å². The van der Waals surface area contributed by atoms with Gasteiger partial charge >= 0.3 is 0 Å². The lowest BCUT2D eigenvalue weighted by Gasteiger charge is -2.16. The lowest BCUT2D eigenvalue weighted by atomic mass is 10.2. The Labute approximate surface area is 190 Å². The molecule has 1 aromatic heterocycles. The van der Waals surface area contributed by atoms with Gasteiger partial charge in [0.1, 0.15) is 0 Å². The molecule has 0 saturated heterocycles. The second-order valence-corrected chi connectivity index (χ2v) is 8.62. The topological polar surface area (TPSA) is 59.8 Å². The predicted molar refractivity (Wildman–Crippen MR) is 123 cm³/mol. The molecule has 0 aliphatic rings. The standard InChI is InChI=1S/C22H22Cl2N4OS/c1-4-11-28-20(15(3)25-21(29)18-10-9-17(23)12-19(18)24)26-27-22(28)30-13-16-7-5-14(2)6-8-16/h4-10,12,15H,1,11,13H2,2-3H3,(H,25,29)/t15-/m0/s1. The zero-order valence-electron chi connectivity index (χ0n) is 16.7. The van der Waals surface area contributed by atoms with Crippen molar-refractivity contribution in [1.82, 2.24) is 20.1 Å². The van der Waals surface area contributed by atoms with Crippen molar-refractivity contribution < 1.29 is 4.79 Å². The Kier molecular flexibility index (Phi) is 7.58. The molecule has 30 heavy (non-hydrogen) atoms. The van der Waals surface area contributed by atoms with Crippen LogP contribution in [0.15, 0.2) is 60.3 Å². The van der Waals surface area contributed by atoms with Gasteiger partial charge in [0.2, 0.25) is 0 Å². The number of carbonyl (C=O) groups is 1. The molecule has 0 unspecified atom stereocenters. The van der Waals surface area contributed by atoms with Gasteiger partial charge in [0.05, 0.1) is 16.6 Å². The van der Waals surface area contributed by atoms with E-state index in [0.717, 1.165) is 10.9 Å². The van der Waals surface area contributed by atoms with Crippen molar-refractivity contribution in [3.8, 4) is 0 Å². The van der Waals surface area contributed by atoms with E-state index in [-0.39, 0.29) is 11.9 Å². The lowest BCUT2D eigenvalue weighted by molar-refractivity contribution is 0.0937. The third kappa shape index (κ3) is 5.45. The van der Waals surface area contributed by atoms with Crippen LogP contribution < -0.4 is 5.32 Å². The Bertz CT molecular complexity index is 1050. The second kappa shape index (κ2) is 10.2. The summed E-state index contributed by atoms with van der Waals surface area (Å²) in [5.74, 6) is 1.13. The van der Waals surface area contributed by atoms with Gasteiger partial charge in [-0.25, -0.2) is 0 Å². The number of rotatable bonds is 8. The number of amides is 1. The van der Waals surface area contributed by atoms with Crippen molar-refractivity contribution in [3.63, 3.8) is 0 Å². The molecule has 0 fully saturated rings. The van der Waals surface area contributed by atoms with Crippen molar-refractivity contribution >= 4 is 40.9 Å². The number of nitrogens with one attached hydrogen (secondary N) is 1. The maximum atomic E-state index is 12.7. The van der Waals surface area contributed by atoms with Crippen LogP contribution in [0.4, 0.5) is 0 Å². The molecule has 1 N–H and O–H groups in total. The summed E-state index contributed by atoms with van der Waals surface area (Å²) in [7, 11) is 0. The molecule has 1 heterocycles. The Morgan fingerprint density at radius 1 is 1.23 bits per heavy atom. The molecule has 0 aliphatic heterocycles. The number of thioether (sulfide) groups is 1. The molecule has 0 bridgehead atoms. The van der Waals surface area contributed by atoms with E-state index in [2.05, 4.69) is 53.3 Å². The maximum absolute atomic E-state index is 12.7. The van der Waals surface area contributed by atoms with E-state index < -0.39 is 0 Å². The molecule has 0 spiro atoms. The molecular weight excluding hydrogens is 439 g/mol. The van der Waals surface area contributed by atoms with Gasteiger partial charge in [0, 0.05) is 17.3 Å². The highest BCUT2D eigenvalue weighted by molar-refractivity contribution is 7.98. The van der Waals surface area contributed by atoms with Gasteiger partial charge in [-0.05, 0) is 37.6 Å². The minimum absolute atomic E-state index is 0.300. The third-order valence-electron chi connectivity index (χ3n) is 4.46. The van der Waals surface area contributed by atoms with Crippen LogP contribution >= 0.6 is 35.0 Å². The van der Waals surface area contributed by atoms with Gasteiger partial charge in [-0.1, -0.05) is 70.9 Å². The molecule has 1 atom stereocenters. The Balaban J connectivity index is 1.75. The fourth-order valence-electron chi connectivity index (χ4n) is 2.87. The molecule has 3 rings (SSSR count). The molecule has 2 aromatic carbocycles. The summed E-state index contributed by atoms with van der Waals surface area (Å²) in [6, 6.07) is 12.8. The van der Waals surface area contributed by atoms with Crippen LogP contribution in [0, 0.1) is 6.92 Å². The van der Waals surface area contributed by atoms with Crippen molar-refractivity contribution in [2.24, 2.45) is 0 Å². The first-order chi connectivity index (χ1) is 14.4. The third-order valence-corrected chi connectivity index (χ3v) is 6.04. The van der Waals surface area contributed by atoms with E-state index in [9.17, 15) is 4.79 Å². The Morgan fingerprint density at radius 2 is 1.97 bits per heavy atom. The summed E-state index contributed by atoms with van der Waals surface area (Å²) in [5.41, 5.74) is 2.79. The highest BCUT2D eigenvalue weighted by Gasteiger charge is 2.21. The smallest absolute Gasteiger partial charge is 0.253 e. The zero-order chi connectivity index (χ0) is 21.7. The molecule has 8 heteroatoms. The molecule has 156 valence electrons. The first kappa shape index (κ1) is 22.4. The molecule has 0 aliphatic carbocycles. The normalized spacial score (nSPS) is 11.9. The van der Waals surface area contributed by atoms with E-state index >= 15 is 0 Å². The van der Waals surface area contributed by atoms with Crippen molar-refractivity contribution in [3.05, 3.63) is 87.7 Å². The fraction of sp³-hybridized carbons (Fsp3) is 0.227. The summed E-state index contributed by atoms with van der Waals surface area (Å²) in [4.78, 5) is 12.7. The van der Waals surface area contributed by atoms with E-state index in [1.165, 1.54) is 11.1 Å². The first-order valence-electron chi connectivity index (χ1n) is 9.37. The van der Waals surface area contributed by atoms with Crippen LogP contribution in [-0.4, -0.2) is 20.7 Å². The van der Waals surface area contributed by atoms with E-state index in [1.54, 1.807) is 36.0 Å². The summed E-state index contributed by atoms with van der Waals surface area (Å²) in [6.45, 7) is 8.30. The van der Waals surface area contributed by atoms with Crippen molar-refractivity contribution in [2.45, 2.75) is 37.3 Å². The number of aromatic nitrogens is 3. The van der Waals surface area contributed by atoms with Gasteiger partial charge in [0.25, 0.3) is 5.91 Å². The quantitative estimate of drug-likeness (QED) is 0.337. The first-order valence-corrected chi connectivity index (χ1v) is 11.1. The Hall–Kier alpha value is -2.28.